The zero-order chi connectivity index (χ0) is 14.7. The summed E-state index contributed by atoms with van der Waals surface area (Å²) in [6, 6.07) is -1.53. The van der Waals surface area contributed by atoms with Crippen LogP contribution < -0.4 is 10.6 Å². The highest BCUT2D eigenvalue weighted by Gasteiger charge is 2.38. The summed E-state index contributed by atoms with van der Waals surface area (Å²) in [4.78, 5) is 35.3. The number of urea groups is 1. The van der Waals surface area contributed by atoms with Gasteiger partial charge in [0, 0.05) is 32.0 Å². The number of aliphatic hydroxyl groups excluding tert-OH is 1. The number of carboxylic acids is 1. The molecule has 2 unspecified atom stereocenters. The van der Waals surface area contributed by atoms with Crippen molar-refractivity contribution in [2.45, 2.75) is 31.4 Å². The van der Waals surface area contributed by atoms with Crippen molar-refractivity contribution < 1.29 is 24.6 Å². The van der Waals surface area contributed by atoms with Crippen LogP contribution in [0.3, 0.4) is 0 Å². The summed E-state index contributed by atoms with van der Waals surface area (Å²) in [6.45, 7) is 0.558. The van der Waals surface area contributed by atoms with Crippen molar-refractivity contribution in [1.29, 1.82) is 0 Å². The number of rotatable bonds is 5. The van der Waals surface area contributed by atoms with E-state index >= 15 is 0 Å². The lowest BCUT2D eigenvalue weighted by Crippen LogP contribution is -2.47. The summed E-state index contributed by atoms with van der Waals surface area (Å²) in [5.74, 6) is -1.01. The Bertz CT molecular complexity index is 410. The van der Waals surface area contributed by atoms with Crippen molar-refractivity contribution in [2.24, 2.45) is 5.92 Å². The second-order valence-corrected chi connectivity index (χ2v) is 5.19. The fourth-order valence-corrected chi connectivity index (χ4v) is 2.22. The van der Waals surface area contributed by atoms with Crippen LogP contribution in [0, 0.1) is 5.92 Å². The molecule has 2 aliphatic rings. The molecule has 112 valence electrons. The fraction of sp³-hybridized carbons (Fsp3) is 0.750. The lowest BCUT2D eigenvalue weighted by molar-refractivity contribution is -0.141. The minimum absolute atomic E-state index is 0.000689. The van der Waals surface area contributed by atoms with Crippen LogP contribution in [-0.4, -0.2) is 64.8 Å². The number of carbonyl (C=O) groups is 3. The van der Waals surface area contributed by atoms with E-state index in [-0.39, 0.29) is 31.3 Å². The van der Waals surface area contributed by atoms with Gasteiger partial charge < -0.3 is 25.7 Å². The van der Waals surface area contributed by atoms with Gasteiger partial charge >= 0.3 is 12.0 Å². The third-order valence-electron chi connectivity index (χ3n) is 3.47. The summed E-state index contributed by atoms with van der Waals surface area (Å²) in [7, 11) is 0. The molecule has 0 aromatic heterocycles. The topological polar surface area (TPSA) is 119 Å². The molecule has 2 fully saturated rings. The minimum atomic E-state index is -1.13. The number of hydrogen-bond acceptors (Lipinski definition) is 4. The Labute approximate surface area is 116 Å². The number of β-amino-alcohol motifs (C(OH)–C–C–N with tert-alkyl or cyclic N) is 1. The average Bonchev–Trinajstić information content (AvgIpc) is 3.16. The molecule has 0 aromatic rings. The van der Waals surface area contributed by atoms with E-state index < -0.39 is 24.1 Å². The van der Waals surface area contributed by atoms with Gasteiger partial charge in [-0.3, -0.25) is 4.79 Å². The van der Waals surface area contributed by atoms with Gasteiger partial charge in [-0.2, -0.15) is 0 Å². The third-order valence-corrected chi connectivity index (χ3v) is 3.47. The Morgan fingerprint density at radius 3 is 2.40 bits per heavy atom. The van der Waals surface area contributed by atoms with Gasteiger partial charge in [-0.1, -0.05) is 0 Å². The second-order valence-electron chi connectivity index (χ2n) is 5.19. The lowest BCUT2D eigenvalue weighted by Gasteiger charge is -2.21. The van der Waals surface area contributed by atoms with Crippen LogP contribution in [0.5, 0.6) is 0 Å². The molecule has 0 bridgehead atoms. The van der Waals surface area contributed by atoms with Crippen LogP contribution in [0.4, 0.5) is 4.79 Å². The number of carbonyl (C=O) groups excluding carboxylic acids is 2. The molecule has 3 amide bonds. The van der Waals surface area contributed by atoms with E-state index in [4.69, 9.17) is 5.11 Å². The van der Waals surface area contributed by atoms with Crippen molar-refractivity contribution in [2.75, 3.05) is 19.6 Å². The van der Waals surface area contributed by atoms with E-state index in [0.29, 0.717) is 6.54 Å². The molecule has 2 atom stereocenters. The SMILES string of the molecule is O=C(NCCNC(=O)N1CC(O)CC1C(=O)O)C1CC1. The number of likely N-dealkylation sites (tertiary alicyclic amines) is 1. The normalized spacial score (nSPS) is 25.4. The molecule has 0 radical (unpaired) electrons. The average molecular weight is 285 g/mol. The monoisotopic (exact) mass is 285 g/mol. The Balaban J connectivity index is 1.70. The van der Waals surface area contributed by atoms with Crippen molar-refractivity contribution in [1.82, 2.24) is 15.5 Å². The Morgan fingerprint density at radius 2 is 1.80 bits per heavy atom. The fourth-order valence-electron chi connectivity index (χ4n) is 2.22. The molecule has 1 aliphatic heterocycles. The molecule has 1 heterocycles. The summed E-state index contributed by atoms with van der Waals surface area (Å²) in [5, 5.41) is 23.6. The van der Waals surface area contributed by atoms with Crippen LogP contribution in [-0.2, 0) is 9.59 Å². The smallest absolute Gasteiger partial charge is 0.326 e. The van der Waals surface area contributed by atoms with Crippen molar-refractivity contribution in [3.63, 3.8) is 0 Å². The first-order valence-electron chi connectivity index (χ1n) is 6.72. The zero-order valence-electron chi connectivity index (χ0n) is 11.0. The van der Waals surface area contributed by atoms with E-state index in [1.807, 2.05) is 0 Å². The summed E-state index contributed by atoms with van der Waals surface area (Å²) in [5.41, 5.74) is 0. The van der Waals surface area contributed by atoms with Gasteiger partial charge in [-0.05, 0) is 12.8 Å². The largest absolute Gasteiger partial charge is 0.480 e. The second kappa shape index (κ2) is 6.08. The van der Waals surface area contributed by atoms with E-state index in [1.165, 1.54) is 0 Å². The first-order chi connectivity index (χ1) is 9.49. The number of aliphatic hydroxyl groups is 1. The summed E-state index contributed by atoms with van der Waals surface area (Å²) >= 11 is 0. The van der Waals surface area contributed by atoms with E-state index in [1.54, 1.807) is 0 Å². The Kier molecular flexibility index (Phi) is 4.43. The third kappa shape index (κ3) is 3.60. The van der Waals surface area contributed by atoms with Crippen LogP contribution in [0.2, 0.25) is 0 Å². The molecule has 4 N–H and O–H groups in total. The van der Waals surface area contributed by atoms with Gasteiger partial charge in [0.1, 0.15) is 6.04 Å². The maximum Gasteiger partial charge on any atom is 0.326 e. The van der Waals surface area contributed by atoms with Gasteiger partial charge in [0.15, 0.2) is 0 Å². The highest BCUT2D eigenvalue weighted by molar-refractivity contribution is 5.83. The van der Waals surface area contributed by atoms with E-state index in [0.717, 1.165) is 17.7 Å². The standard InChI is InChI=1S/C12H19N3O5/c16-8-5-9(11(18)19)15(6-8)12(20)14-4-3-13-10(17)7-1-2-7/h7-9,16H,1-6H2,(H,13,17)(H,14,20)(H,18,19). The van der Waals surface area contributed by atoms with Gasteiger partial charge in [-0.15, -0.1) is 0 Å². The van der Waals surface area contributed by atoms with Crippen molar-refractivity contribution in [3.8, 4) is 0 Å². The Hall–Kier alpha value is -1.83. The highest BCUT2D eigenvalue weighted by atomic mass is 16.4. The molecule has 2 rings (SSSR count). The number of carboxylic acid groups (broad SMARTS) is 1. The zero-order valence-corrected chi connectivity index (χ0v) is 11.0. The predicted octanol–water partition coefficient (Wildman–Crippen LogP) is -1.26. The van der Waals surface area contributed by atoms with E-state index in [9.17, 15) is 19.5 Å². The van der Waals surface area contributed by atoms with Crippen LogP contribution in [0.15, 0.2) is 0 Å². The molecular weight excluding hydrogens is 266 g/mol. The quantitative estimate of drug-likeness (QED) is 0.470. The summed E-state index contributed by atoms with van der Waals surface area (Å²) < 4.78 is 0. The molecule has 1 saturated heterocycles. The Morgan fingerprint density at radius 1 is 1.15 bits per heavy atom. The van der Waals surface area contributed by atoms with E-state index in [2.05, 4.69) is 10.6 Å². The molecule has 20 heavy (non-hydrogen) atoms. The molecular formula is C12H19N3O5. The first kappa shape index (κ1) is 14.6. The number of nitrogens with zero attached hydrogens (tertiary/aromatic N) is 1. The molecule has 8 nitrogen and oxygen atoms in total. The number of aliphatic carboxylic acids is 1. The minimum Gasteiger partial charge on any atom is -0.480 e. The van der Waals surface area contributed by atoms with Crippen LogP contribution in [0.1, 0.15) is 19.3 Å². The van der Waals surface area contributed by atoms with Crippen molar-refractivity contribution in [3.05, 3.63) is 0 Å². The maximum absolute atomic E-state index is 11.8. The maximum atomic E-state index is 11.8. The highest BCUT2D eigenvalue weighted by Crippen LogP contribution is 2.28. The predicted molar refractivity (Wildman–Crippen MR) is 67.9 cm³/mol. The molecule has 8 heteroatoms. The number of amides is 3. The van der Waals surface area contributed by atoms with Crippen molar-refractivity contribution >= 4 is 17.9 Å². The molecule has 1 saturated carbocycles. The van der Waals surface area contributed by atoms with Gasteiger partial charge in [-0.25, -0.2) is 9.59 Å². The van der Waals surface area contributed by atoms with Gasteiger partial charge in [0.2, 0.25) is 5.91 Å². The molecule has 0 aromatic carbocycles. The first-order valence-corrected chi connectivity index (χ1v) is 6.72. The number of nitrogens with one attached hydrogen (secondary N) is 2. The molecule has 1 aliphatic carbocycles. The molecule has 0 spiro atoms. The van der Waals surface area contributed by atoms with Crippen LogP contribution >= 0.6 is 0 Å². The van der Waals surface area contributed by atoms with Gasteiger partial charge in [0.25, 0.3) is 0 Å². The summed E-state index contributed by atoms with van der Waals surface area (Å²) in [6.07, 6.45) is 1.08. The number of hydrogen-bond donors (Lipinski definition) is 4. The lowest BCUT2D eigenvalue weighted by atomic mass is 10.2. The van der Waals surface area contributed by atoms with Crippen LogP contribution in [0.25, 0.3) is 0 Å². The van der Waals surface area contributed by atoms with Gasteiger partial charge in [0.05, 0.1) is 6.10 Å².